The van der Waals surface area contributed by atoms with E-state index in [9.17, 15) is 4.79 Å². The first kappa shape index (κ1) is 10.0. The maximum Gasteiger partial charge on any atom is 0.257 e. The SMILES string of the molecule is CCCCC1NC(=O)c2ccccc2O1. The average Bonchev–Trinajstić information content (AvgIpc) is 2.26. The highest BCUT2D eigenvalue weighted by molar-refractivity contribution is 5.97. The van der Waals surface area contributed by atoms with Crippen LogP contribution < -0.4 is 10.1 Å². The Balaban J connectivity index is 2.12. The number of ether oxygens (including phenoxy) is 1. The van der Waals surface area contributed by atoms with E-state index in [1.807, 2.05) is 18.2 Å². The van der Waals surface area contributed by atoms with Gasteiger partial charge in [0.15, 0.2) is 6.23 Å². The van der Waals surface area contributed by atoms with Crippen molar-refractivity contribution in [2.75, 3.05) is 0 Å². The lowest BCUT2D eigenvalue weighted by Crippen LogP contribution is -2.43. The first-order valence-corrected chi connectivity index (χ1v) is 5.38. The molecule has 1 N–H and O–H groups in total. The first-order chi connectivity index (χ1) is 7.31. The average molecular weight is 205 g/mol. The van der Waals surface area contributed by atoms with Gasteiger partial charge in [-0.05, 0) is 18.6 Å². The van der Waals surface area contributed by atoms with Crippen molar-refractivity contribution in [3.05, 3.63) is 29.8 Å². The molecule has 1 aliphatic rings. The molecule has 15 heavy (non-hydrogen) atoms. The Hall–Kier alpha value is -1.51. The zero-order chi connectivity index (χ0) is 10.7. The Morgan fingerprint density at radius 2 is 2.20 bits per heavy atom. The Morgan fingerprint density at radius 3 is 3.00 bits per heavy atom. The number of benzene rings is 1. The predicted molar refractivity (Wildman–Crippen MR) is 57.8 cm³/mol. The number of hydrogen-bond donors (Lipinski definition) is 1. The molecule has 1 amide bonds. The van der Waals surface area contributed by atoms with Crippen LogP contribution in [0.15, 0.2) is 24.3 Å². The molecule has 0 fully saturated rings. The molecule has 1 aliphatic heterocycles. The Kier molecular flexibility index (Phi) is 2.90. The van der Waals surface area contributed by atoms with Crippen LogP contribution in [-0.2, 0) is 0 Å². The molecule has 1 atom stereocenters. The van der Waals surface area contributed by atoms with E-state index in [2.05, 4.69) is 12.2 Å². The second kappa shape index (κ2) is 4.34. The van der Waals surface area contributed by atoms with Gasteiger partial charge >= 0.3 is 0 Å². The summed E-state index contributed by atoms with van der Waals surface area (Å²) in [6.07, 6.45) is 2.88. The molecule has 0 radical (unpaired) electrons. The molecule has 1 unspecified atom stereocenters. The maximum absolute atomic E-state index is 11.7. The van der Waals surface area contributed by atoms with Crippen molar-refractivity contribution in [2.24, 2.45) is 0 Å². The predicted octanol–water partition coefficient (Wildman–Crippen LogP) is 2.33. The van der Waals surface area contributed by atoms with Crippen LogP contribution in [0.25, 0.3) is 0 Å². The summed E-state index contributed by atoms with van der Waals surface area (Å²) >= 11 is 0. The summed E-state index contributed by atoms with van der Waals surface area (Å²) in [5.41, 5.74) is 0.630. The second-order valence-electron chi connectivity index (χ2n) is 3.72. The van der Waals surface area contributed by atoms with Gasteiger partial charge in [-0.2, -0.15) is 0 Å². The molecule has 1 aromatic carbocycles. The number of carbonyl (C=O) groups is 1. The molecular weight excluding hydrogens is 190 g/mol. The molecule has 0 saturated carbocycles. The van der Waals surface area contributed by atoms with E-state index in [0.29, 0.717) is 11.3 Å². The van der Waals surface area contributed by atoms with Gasteiger partial charge in [0.05, 0.1) is 5.56 Å². The zero-order valence-corrected chi connectivity index (χ0v) is 8.82. The maximum atomic E-state index is 11.7. The van der Waals surface area contributed by atoms with Gasteiger partial charge in [-0.25, -0.2) is 0 Å². The molecule has 0 saturated heterocycles. The highest BCUT2D eigenvalue weighted by Crippen LogP contribution is 2.23. The van der Waals surface area contributed by atoms with E-state index in [1.54, 1.807) is 6.07 Å². The molecule has 1 aromatic rings. The fourth-order valence-corrected chi connectivity index (χ4v) is 1.68. The van der Waals surface area contributed by atoms with Crippen molar-refractivity contribution in [3.8, 4) is 5.75 Å². The number of hydrogen-bond acceptors (Lipinski definition) is 2. The van der Waals surface area contributed by atoms with E-state index in [1.165, 1.54) is 0 Å². The Labute approximate surface area is 89.4 Å². The van der Waals surface area contributed by atoms with Crippen LogP contribution in [0.3, 0.4) is 0 Å². The standard InChI is InChI=1S/C12H15NO2/c1-2-3-8-11-13-12(14)9-6-4-5-7-10(9)15-11/h4-7,11H,2-3,8H2,1H3,(H,13,14). The number of fused-ring (bicyclic) bond motifs is 1. The van der Waals surface area contributed by atoms with E-state index < -0.39 is 0 Å². The lowest BCUT2D eigenvalue weighted by Gasteiger charge is -2.26. The fourth-order valence-electron chi connectivity index (χ4n) is 1.68. The number of para-hydroxylation sites is 1. The third-order valence-electron chi connectivity index (χ3n) is 2.51. The van der Waals surface area contributed by atoms with E-state index >= 15 is 0 Å². The molecule has 0 aliphatic carbocycles. The van der Waals surface area contributed by atoms with Gasteiger partial charge in [-0.1, -0.05) is 25.5 Å². The summed E-state index contributed by atoms with van der Waals surface area (Å²) < 4.78 is 5.67. The molecule has 0 spiro atoms. The lowest BCUT2D eigenvalue weighted by molar-refractivity contribution is 0.0735. The Morgan fingerprint density at radius 1 is 1.40 bits per heavy atom. The highest BCUT2D eigenvalue weighted by atomic mass is 16.5. The lowest BCUT2D eigenvalue weighted by atomic mass is 10.1. The van der Waals surface area contributed by atoms with Crippen LogP contribution in [0.5, 0.6) is 5.75 Å². The van der Waals surface area contributed by atoms with Crippen LogP contribution in [0.1, 0.15) is 36.5 Å². The van der Waals surface area contributed by atoms with E-state index in [0.717, 1.165) is 19.3 Å². The topological polar surface area (TPSA) is 38.3 Å². The monoisotopic (exact) mass is 205 g/mol. The highest BCUT2D eigenvalue weighted by Gasteiger charge is 2.23. The molecule has 0 bridgehead atoms. The summed E-state index contributed by atoms with van der Waals surface area (Å²) in [5, 5.41) is 2.85. The molecule has 0 aromatic heterocycles. The van der Waals surface area contributed by atoms with Crippen LogP contribution in [0, 0.1) is 0 Å². The minimum atomic E-state index is -0.160. The van der Waals surface area contributed by atoms with Crippen LogP contribution in [-0.4, -0.2) is 12.1 Å². The third-order valence-corrected chi connectivity index (χ3v) is 2.51. The molecule has 2 rings (SSSR count). The summed E-state index contributed by atoms with van der Waals surface area (Å²) in [6, 6.07) is 7.34. The number of rotatable bonds is 3. The van der Waals surface area contributed by atoms with Crippen LogP contribution in [0.2, 0.25) is 0 Å². The Bertz CT molecular complexity index is 362. The van der Waals surface area contributed by atoms with Crippen molar-refractivity contribution in [2.45, 2.75) is 32.4 Å². The largest absolute Gasteiger partial charge is 0.470 e. The quantitative estimate of drug-likeness (QED) is 0.822. The van der Waals surface area contributed by atoms with Crippen molar-refractivity contribution in [1.82, 2.24) is 5.32 Å². The molecule has 80 valence electrons. The molecule has 3 heteroatoms. The van der Waals surface area contributed by atoms with Gasteiger partial charge in [0.2, 0.25) is 0 Å². The normalized spacial score (nSPS) is 19.0. The third kappa shape index (κ3) is 2.12. The smallest absolute Gasteiger partial charge is 0.257 e. The number of carbonyl (C=O) groups excluding carboxylic acids is 1. The molecule has 3 nitrogen and oxygen atoms in total. The first-order valence-electron chi connectivity index (χ1n) is 5.38. The number of amides is 1. The summed E-state index contributed by atoms with van der Waals surface area (Å²) in [6.45, 7) is 2.12. The van der Waals surface area contributed by atoms with Crippen LogP contribution >= 0.6 is 0 Å². The minimum Gasteiger partial charge on any atom is -0.470 e. The van der Waals surface area contributed by atoms with Gasteiger partial charge in [0.25, 0.3) is 5.91 Å². The summed E-state index contributed by atoms with van der Waals surface area (Å²) in [4.78, 5) is 11.7. The van der Waals surface area contributed by atoms with E-state index in [4.69, 9.17) is 4.74 Å². The molecule has 1 heterocycles. The van der Waals surface area contributed by atoms with E-state index in [-0.39, 0.29) is 12.1 Å². The minimum absolute atomic E-state index is 0.0297. The van der Waals surface area contributed by atoms with Crippen molar-refractivity contribution >= 4 is 5.91 Å². The van der Waals surface area contributed by atoms with Crippen molar-refractivity contribution in [1.29, 1.82) is 0 Å². The zero-order valence-electron chi connectivity index (χ0n) is 8.82. The number of nitrogens with one attached hydrogen (secondary N) is 1. The van der Waals surface area contributed by atoms with Crippen LogP contribution in [0.4, 0.5) is 0 Å². The van der Waals surface area contributed by atoms with Crippen molar-refractivity contribution < 1.29 is 9.53 Å². The van der Waals surface area contributed by atoms with Gasteiger partial charge in [0, 0.05) is 6.42 Å². The van der Waals surface area contributed by atoms with Gasteiger partial charge in [-0.3, -0.25) is 4.79 Å². The van der Waals surface area contributed by atoms with Crippen molar-refractivity contribution in [3.63, 3.8) is 0 Å². The fraction of sp³-hybridized carbons (Fsp3) is 0.417. The second-order valence-corrected chi connectivity index (χ2v) is 3.72. The van der Waals surface area contributed by atoms with Gasteiger partial charge in [0.1, 0.15) is 5.75 Å². The summed E-state index contributed by atoms with van der Waals surface area (Å²) in [5.74, 6) is 0.667. The van der Waals surface area contributed by atoms with Gasteiger partial charge < -0.3 is 10.1 Å². The number of unbranched alkanes of at least 4 members (excludes halogenated alkanes) is 1. The van der Waals surface area contributed by atoms with Gasteiger partial charge in [-0.15, -0.1) is 0 Å². The molecular formula is C12H15NO2. The summed E-state index contributed by atoms with van der Waals surface area (Å²) in [7, 11) is 0.